The van der Waals surface area contributed by atoms with Crippen molar-refractivity contribution in [3.63, 3.8) is 0 Å². The predicted molar refractivity (Wildman–Crippen MR) is 146 cm³/mol. The predicted octanol–water partition coefficient (Wildman–Crippen LogP) is 0.308. The fraction of sp³-hybridized carbons (Fsp3) is 0.407. The highest BCUT2D eigenvalue weighted by Crippen LogP contribution is 2.20. The molecule has 1 atom stereocenters. The third-order valence-corrected chi connectivity index (χ3v) is 7.09. The van der Waals surface area contributed by atoms with E-state index in [-0.39, 0.29) is 18.6 Å². The molecule has 1 amide bonds. The smallest absolute Gasteiger partial charge is 0.330 e. The van der Waals surface area contributed by atoms with Crippen LogP contribution >= 0.6 is 0 Å². The Hall–Kier alpha value is -4.52. The fourth-order valence-electron chi connectivity index (χ4n) is 5.07. The molecule has 0 spiro atoms. The first-order valence-electron chi connectivity index (χ1n) is 13.3. The largest absolute Gasteiger partial charge is 0.468 e. The number of aromatic amines is 1. The standard InChI is InChI=1S/C27H32N8O5/c1-3-34-23-22(25(37)32-27(34)39)35(21(31-23)12-18-15-33-10-5-4-9-20(33)30-18)14-16-7-6-8-17(11-16)24(36)29-13-19(28)26(38)40-2/h6-8,11,15,19H,3-5,9-10,12-14,28H2,1-2H3,(H,29,36)(H,32,37,39)/t19-/m0/s1. The summed E-state index contributed by atoms with van der Waals surface area (Å²) in [7, 11) is 1.23. The van der Waals surface area contributed by atoms with Gasteiger partial charge in [0.15, 0.2) is 11.2 Å². The van der Waals surface area contributed by atoms with E-state index in [0.717, 1.165) is 42.9 Å². The number of nitrogens with one attached hydrogen (secondary N) is 2. The number of carbonyl (C=O) groups excluding carboxylic acids is 2. The summed E-state index contributed by atoms with van der Waals surface area (Å²) in [6, 6.07) is 5.94. The molecule has 0 radical (unpaired) electrons. The molecule has 40 heavy (non-hydrogen) atoms. The lowest BCUT2D eigenvalue weighted by atomic mass is 10.1. The number of imidazole rings is 2. The topological polar surface area (TPSA) is 172 Å². The zero-order chi connectivity index (χ0) is 28.4. The molecular formula is C27H32N8O5. The van der Waals surface area contributed by atoms with Crippen molar-refractivity contribution in [1.82, 2.24) is 34.0 Å². The maximum Gasteiger partial charge on any atom is 0.330 e. The Morgan fingerprint density at radius 2 is 2.02 bits per heavy atom. The number of benzene rings is 1. The van der Waals surface area contributed by atoms with Crippen molar-refractivity contribution in [1.29, 1.82) is 0 Å². The second kappa shape index (κ2) is 11.3. The Bertz CT molecular complexity index is 1670. The van der Waals surface area contributed by atoms with Crippen LogP contribution in [0.15, 0.2) is 40.1 Å². The lowest BCUT2D eigenvalue weighted by Crippen LogP contribution is -2.43. The van der Waals surface area contributed by atoms with Crippen molar-refractivity contribution < 1.29 is 14.3 Å². The van der Waals surface area contributed by atoms with Gasteiger partial charge in [0.2, 0.25) is 0 Å². The summed E-state index contributed by atoms with van der Waals surface area (Å²) >= 11 is 0. The van der Waals surface area contributed by atoms with Gasteiger partial charge in [-0.25, -0.2) is 14.8 Å². The minimum atomic E-state index is -0.978. The summed E-state index contributed by atoms with van der Waals surface area (Å²) in [5.41, 5.74) is 7.20. The number of carbonyl (C=O) groups is 2. The van der Waals surface area contributed by atoms with Crippen LogP contribution in [0.3, 0.4) is 0 Å². The van der Waals surface area contributed by atoms with E-state index in [1.807, 2.05) is 19.2 Å². The second-order valence-corrected chi connectivity index (χ2v) is 9.81. The average molecular weight is 549 g/mol. The van der Waals surface area contributed by atoms with Crippen LogP contribution in [-0.4, -0.2) is 60.2 Å². The Labute approximate surface area is 229 Å². The second-order valence-electron chi connectivity index (χ2n) is 9.81. The first kappa shape index (κ1) is 27.1. The van der Waals surface area contributed by atoms with Gasteiger partial charge in [0.25, 0.3) is 11.5 Å². The molecular weight excluding hydrogens is 516 g/mol. The highest BCUT2D eigenvalue weighted by molar-refractivity contribution is 5.94. The highest BCUT2D eigenvalue weighted by atomic mass is 16.5. The number of nitrogens with two attached hydrogens (primary N) is 1. The zero-order valence-electron chi connectivity index (χ0n) is 22.5. The molecule has 0 aliphatic carbocycles. The molecule has 4 N–H and O–H groups in total. The van der Waals surface area contributed by atoms with Gasteiger partial charge >= 0.3 is 11.7 Å². The van der Waals surface area contributed by atoms with Gasteiger partial charge in [-0.3, -0.25) is 23.9 Å². The molecule has 4 heterocycles. The van der Waals surface area contributed by atoms with Crippen molar-refractivity contribution in [2.45, 2.75) is 58.3 Å². The first-order valence-corrected chi connectivity index (χ1v) is 13.3. The number of rotatable bonds is 9. The molecule has 1 aliphatic rings. The molecule has 0 bridgehead atoms. The maximum atomic E-state index is 13.0. The summed E-state index contributed by atoms with van der Waals surface area (Å²) in [6.07, 6.45) is 5.53. The summed E-state index contributed by atoms with van der Waals surface area (Å²) < 4.78 is 9.97. The van der Waals surface area contributed by atoms with Gasteiger partial charge in [0.05, 0.1) is 12.8 Å². The van der Waals surface area contributed by atoms with Crippen LogP contribution in [0, 0.1) is 0 Å². The third-order valence-electron chi connectivity index (χ3n) is 7.09. The van der Waals surface area contributed by atoms with Gasteiger partial charge in [-0.15, -0.1) is 0 Å². The molecule has 4 aromatic rings. The van der Waals surface area contributed by atoms with Gasteiger partial charge in [-0.2, -0.15) is 0 Å². The van der Waals surface area contributed by atoms with Crippen LogP contribution < -0.4 is 22.3 Å². The SMILES string of the molecule is CCn1c(=O)[nH]c(=O)c2c1nc(Cc1cn3c(n1)CCCC3)n2Cc1cccc(C(=O)NC[C@H](N)C(=O)OC)c1. The van der Waals surface area contributed by atoms with Crippen molar-refractivity contribution in [3.05, 3.63) is 79.8 Å². The fourth-order valence-corrected chi connectivity index (χ4v) is 5.07. The van der Waals surface area contributed by atoms with E-state index < -0.39 is 29.2 Å². The molecule has 13 nitrogen and oxygen atoms in total. The van der Waals surface area contributed by atoms with E-state index in [1.54, 1.807) is 22.8 Å². The molecule has 5 rings (SSSR count). The Kier molecular flexibility index (Phi) is 7.65. The number of esters is 1. The van der Waals surface area contributed by atoms with E-state index in [0.29, 0.717) is 30.0 Å². The highest BCUT2D eigenvalue weighted by Gasteiger charge is 2.21. The number of aromatic nitrogens is 6. The molecule has 13 heteroatoms. The normalized spacial score (nSPS) is 13.7. The maximum absolute atomic E-state index is 13.0. The van der Waals surface area contributed by atoms with E-state index in [4.69, 9.17) is 15.7 Å². The van der Waals surface area contributed by atoms with Crippen LogP contribution in [-0.2, 0) is 42.0 Å². The van der Waals surface area contributed by atoms with Gasteiger partial charge in [-0.05, 0) is 37.5 Å². The quantitative estimate of drug-likeness (QED) is 0.251. The van der Waals surface area contributed by atoms with Crippen LogP contribution in [0.2, 0.25) is 0 Å². The van der Waals surface area contributed by atoms with Crippen molar-refractivity contribution in [3.8, 4) is 0 Å². The summed E-state index contributed by atoms with van der Waals surface area (Å²) in [6.45, 7) is 3.23. The minimum Gasteiger partial charge on any atom is -0.468 e. The van der Waals surface area contributed by atoms with Gasteiger partial charge in [-0.1, -0.05) is 12.1 Å². The van der Waals surface area contributed by atoms with E-state index in [1.165, 1.54) is 11.7 Å². The molecule has 0 fully saturated rings. The van der Waals surface area contributed by atoms with E-state index in [2.05, 4.69) is 19.6 Å². The van der Waals surface area contributed by atoms with Crippen LogP contribution in [0.5, 0.6) is 0 Å². The monoisotopic (exact) mass is 548 g/mol. The summed E-state index contributed by atoms with van der Waals surface area (Å²) in [4.78, 5) is 61.8. The Morgan fingerprint density at radius 1 is 1.20 bits per heavy atom. The van der Waals surface area contributed by atoms with E-state index in [9.17, 15) is 19.2 Å². The van der Waals surface area contributed by atoms with Crippen LogP contribution in [0.1, 0.15) is 53.0 Å². The molecule has 3 aromatic heterocycles. The number of methoxy groups -OCH3 is 1. The van der Waals surface area contributed by atoms with Gasteiger partial charge in [0.1, 0.15) is 17.7 Å². The number of aryl methyl sites for hydroxylation is 3. The van der Waals surface area contributed by atoms with Gasteiger partial charge in [0, 0.05) is 50.8 Å². The van der Waals surface area contributed by atoms with Crippen molar-refractivity contribution in [2.24, 2.45) is 5.73 Å². The average Bonchev–Trinajstić information content (AvgIpc) is 3.52. The van der Waals surface area contributed by atoms with Crippen molar-refractivity contribution in [2.75, 3.05) is 13.7 Å². The van der Waals surface area contributed by atoms with Crippen molar-refractivity contribution >= 4 is 23.0 Å². The van der Waals surface area contributed by atoms with E-state index >= 15 is 0 Å². The number of amides is 1. The minimum absolute atomic E-state index is 0.0788. The molecule has 1 aromatic carbocycles. The third kappa shape index (κ3) is 5.32. The molecule has 1 aliphatic heterocycles. The molecule has 0 saturated carbocycles. The molecule has 210 valence electrons. The Morgan fingerprint density at radius 3 is 2.77 bits per heavy atom. The molecule has 0 unspecified atom stereocenters. The zero-order valence-corrected chi connectivity index (χ0v) is 22.5. The van der Waals surface area contributed by atoms with Crippen LogP contribution in [0.25, 0.3) is 11.2 Å². The number of fused-ring (bicyclic) bond motifs is 2. The Balaban J connectivity index is 1.50. The number of hydrogen-bond donors (Lipinski definition) is 3. The lowest BCUT2D eigenvalue weighted by Gasteiger charge is -2.12. The number of ether oxygens (including phenoxy) is 1. The lowest BCUT2D eigenvalue weighted by molar-refractivity contribution is -0.141. The summed E-state index contributed by atoms with van der Waals surface area (Å²) in [5.74, 6) is 0.599. The number of H-pyrrole nitrogens is 1. The van der Waals surface area contributed by atoms with Crippen LogP contribution in [0.4, 0.5) is 0 Å². The number of nitrogens with zero attached hydrogens (tertiary/aromatic N) is 5. The summed E-state index contributed by atoms with van der Waals surface area (Å²) in [5, 5.41) is 2.64. The number of hydrogen-bond acceptors (Lipinski definition) is 8. The molecule has 0 saturated heterocycles. The first-order chi connectivity index (χ1) is 19.3. The van der Waals surface area contributed by atoms with Gasteiger partial charge < -0.3 is 24.9 Å².